The molecule has 41 heavy (non-hydrogen) atoms. The third-order valence-electron chi connectivity index (χ3n) is 6.32. The first-order valence-corrected chi connectivity index (χ1v) is 14.3. The molecule has 0 saturated heterocycles. The van der Waals surface area contributed by atoms with Crippen molar-refractivity contribution in [2.24, 2.45) is 0 Å². The zero-order valence-electron chi connectivity index (χ0n) is 22.2. The molecule has 5 aromatic rings. The first-order chi connectivity index (χ1) is 19.7. The lowest BCUT2D eigenvalue weighted by Gasteiger charge is -2.22. The van der Waals surface area contributed by atoms with E-state index in [1.54, 1.807) is 36.4 Å². The number of nitrogens with one attached hydrogen (secondary N) is 2. The van der Waals surface area contributed by atoms with Crippen LogP contribution in [0.1, 0.15) is 18.9 Å². The number of benzene rings is 2. The lowest BCUT2D eigenvalue weighted by atomic mass is 10.2. The number of hydrogen-bond acceptors (Lipinski definition) is 10. The van der Waals surface area contributed by atoms with Crippen LogP contribution in [0.2, 0.25) is 10.0 Å². The van der Waals surface area contributed by atoms with E-state index >= 15 is 0 Å². The van der Waals surface area contributed by atoms with Gasteiger partial charge in [-0.15, -0.1) is 10.2 Å². The maximum Gasteiger partial charge on any atom is 0.243 e. The van der Waals surface area contributed by atoms with Gasteiger partial charge in [-0.2, -0.15) is 5.10 Å². The van der Waals surface area contributed by atoms with E-state index in [1.807, 2.05) is 0 Å². The predicted octanol–water partition coefficient (Wildman–Crippen LogP) is 4.44. The summed E-state index contributed by atoms with van der Waals surface area (Å²) in [6, 6.07) is 10.3. The molecule has 3 aromatic heterocycles. The molecular formula is C25H24Cl2N8O5S. The van der Waals surface area contributed by atoms with Crippen molar-refractivity contribution in [2.45, 2.75) is 18.3 Å². The lowest BCUT2D eigenvalue weighted by molar-refractivity contribution is 0.0950. The molecule has 2 N–H and O–H groups in total. The van der Waals surface area contributed by atoms with Gasteiger partial charge in [0.05, 0.1) is 24.8 Å². The van der Waals surface area contributed by atoms with E-state index < -0.39 is 21.4 Å². The molecule has 2 atom stereocenters. The number of aromatic amines is 1. The van der Waals surface area contributed by atoms with Crippen molar-refractivity contribution in [1.29, 1.82) is 0 Å². The summed E-state index contributed by atoms with van der Waals surface area (Å²) in [6.07, 6.45) is 1.69. The SMILES string of the molecule is COc1cccc(OC)c1-n1c(NS(=O)(=O)[C@@H](C)[C@H](OC)c2ncc(Cl)cn2)nnc1-c1n[nH]c2ccc(Cl)cc12. The molecule has 0 amide bonds. The molecule has 0 radical (unpaired) electrons. The van der Waals surface area contributed by atoms with Gasteiger partial charge in [0.25, 0.3) is 0 Å². The van der Waals surface area contributed by atoms with Crippen LogP contribution >= 0.6 is 23.2 Å². The van der Waals surface area contributed by atoms with E-state index in [9.17, 15) is 8.42 Å². The van der Waals surface area contributed by atoms with Crippen molar-refractivity contribution in [2.75, 3.05) is 26.1 Å². The van der Waals surface area contributed by atoms with Gasteiger partial charge in [0.1, 0.15) is 34.2 Å². The van der Waals surface area contributed by atoms with E-state index in [2.05, 4.69) is 35.1 Å². The van der Waals surface area contributed by atoms with Crippen LogP contribution in [-0.4, -0.2) is 69.9 Å². The molecule has 13 nitrogen and oxygen atoms in total. The summed E-state index contributed by atoms with van der Waals surface area (Å²) in [5.41, 5.74) is 1.39. The normalized spacial score (nSPS) is 13.2. The van der Waals surface area contributed by atoms with Crippen molar-refractivity contribution in [3.8, 4) is 28.7 Å². The number of H-pyrrole nitrogens is 1. The molecule has 3 heterocycles. The number of aromatic nitrogens is 7. The first kappa shape index (κ1) is 28.5. The van der Waals surface area contributed by atoms with E-state index in [0.29, 0.717) is 43.8 Å². The van der Waals surface area contributed by atoms with Crippen LogP contribution in [0.25, 0.3) is 28.1 Å². The molecule has 0 bridgehead atoms. The quantitative estimate of drug-likeness (QED) is 0.229. The molecule has 16 heteroatoms. The predicted molar refractivity (Wildman–Crippen MR) is 153 cm³/mol. The van der Waals surface area contributed by atoms with E-state index in [1.165, 1.54) is 45.2 Å². The third kappa shape index (κ3) is 5.38. The Hall–Kier alpha value is -3.98. The van der Waals surface area contributed by atoms with Crippen LogP contribution in [0.15, 0.2) is 48.8 Å². The topological polar surface area (TPSA) is 159 Å². The van der Waals surface area contributed by atoms with Gasteiger partial charge in [0.15, 0.2) is 11.6 Å². The van der Waals surface area contributed by atoms with Crippen LogP contribution in [-0.2, 0) is 14.8 Å². The number of nitrogens with zero attached hydrogens (tertiary/aromatic N) is 6. The number of ether oxygens (including phenoxy) is 3. The Morgan fingerprint density at radius 2 is 1.66 bits per heavy atom. The van der Waals surface area contributed by atoms with Gasteiger partial charge in [-0.05, 0) is 37.3 Å². The molecule has 0 aliphatic rings. The summed E-state index contributed by atoms with van der Waals surface area (Å²) >= 11 is 12.2. The van der Waals surface area contributed by atoms with Crippen molar-refractivity contribution in [3.63, 3.8) is 0 Å². The molecule has 0 fully saturated rings. The second-order valence-corrected chi connectivity index (χ2v) is 11.6. The van der Waals surface area contributed by atoms with Crippen LogP contribution in [0.3, 0.4) is 0 Å². The Kier molecular flexibility index (Phi) is 8.00. The fraction of sp³-hybridized carbons (Fsp3) is 0.240. The summed E-state index contributed by atoms with van der Waals surface area (Å²) in [5.74, 6) is 0.904. The maximum atomic E-state index is 13.7. The summed E-state index contributed by atoms with van der Waals surface area (Å²) in [6.45, 7) is 1.46. The van der Waals surface area contributed by atoms with Crippen LogP contribution in [0.5, 0.6) is 11.5 Å². The fourth-order valence-corrected chi connectivity index (χ4v) is 5.68. The van der Waals surface area contributed by atoms with Crippen LogP contribution in [0.4, 0.5) is 5.95 Å². The molecule has 2 aromatic carbocycles. The van der Waals surface area contributed by atoms with Gasteiger partial charge >= 0.3 is 0 Å². The van der Waals surface area contributed by atoms with Gasteiger partial charge in [-0.25, -0.2) is 18.4 Å². The largest absolute Gasteiger partial charge is 0.494 e. The van der Waals surface area contributed by atoms with Crippen molar-refractivity contribution in [3.05, 3.63) is 64.7 Å². The number of halogens is 2. The highest BCUT2D eigenvalue weighted by Crippen LogP contribution is 2.39. The zero-order valence-corrected chi connectivity index (χ0v) is 24.5. The molecule has 0 aliphatic heterocycles. The van der Waals surface area contributed by atoms with Crippen molar-refractivity contribution < 1.29 is 22.6 Å². The molecule has 0 aliphatic carbocycles. The summed E-state index contributed by atoms with van der Waals surface area (Å²) in [4.78, 5) is 8.25. The Labute approximate surface area is 244 Å². The zero-order chi connectivity index (χ0) is 29.3. The van der Waals surface area contributed by atoms with E-state index in [4.69, 9.17) is 37.4 Å². The third-order valence-corrected chi connectivity index (χ3v) is 8.45. The van der Waals surface area contributed by atoms with Crippen molar-refractivity contribution in [1.82, 2.24) is 34.9 Å². The molecule has 0 unspecified atom stereocenters. The van der Waals surface area contributed by atoms with E-state index in [0.717, 1.165) is 0 Å². The van der Waals surface area contributed by atoms with Crippen molar-refractivity contribution >= 4 is 50.1 Å². The monoisotopic (exact) mass is 618 g/mol. The van der Waals surface area contributed by atoms with Crippen LogP contribution in [0, 0.1) is 0 Å². The second-order valence-electron chi connectivity index (χ2n) is 8.72. The Balaban J connectivity index is 1.67. The molecule has 214 valence electrons. The first-order valence-electron chi connectivity index (χ1n) is 12.0. The molecule has 5 rings (SSSR count). The number of rotatable bonds is 10. The smallest absolute Gasteiger partial charge is 0.243 e. The minimum absolute atomic E-state index is 0.142. The Morgan fingerprint density at radius 3 is 2.29 bits per heavy atom. The van der Waals surface area contributed by atoms with Gasteiger partial charge in [-0.1, -0.05) is 29.3 Å². The lowest BCUT2D eigenvalue weighted by Crippen LogP contribution is -2.33. The molecule has 0 spiro atoms. The number of fused-ring (bicyclic) bond motifs is 1. The minimum atomic E-state index is -4.20. The average molecular weight is 619 g/mol. The average Bonchev–Trinajstić information content (AvgIpc) is 3.56. The highest BCUT2D eigenvalue weighted by molar-refractivity contribution is 7.93. The van der Waals surface area contributed by atoms with Crippen LogP contribution < -0.4 is 14.2 Å². The summed E-state index contributed by atoms with van der Waals surface area (Å²) in [5, 5.41) is 16.1. The number of methoxy groups -OCH3 is 3. The maximum absolute atomic E-state index is 13.7. The standard InChI is InChI=1S/C25H24Cl2N8O5S/c1-13(22(40-4)23-28-11-15(27)12-29-23)41(36,37)34-25-33-32-24(20-16-10-14(26)8-9-17(16)30-31-20)35(25)21-18(38-2)6-5-7-19(21)39-3/h5-13,22H,1-4H3,(H,30,31)(H,33,34)/t13-,22-/m0/s1. The minimum Gasteiger partial charge on any atom is -0.494 e. The summed E-state index contributed by atoms with van der Waals surface area (Å²) < 4.78 is 48.2. The highest BCUT2D eigenvalue weighted by atomic mass is 35.5. The summed E-state index contributed by atoms with van der Waals surface area (Å²) in [7, 11) is 0.123. The molecule has 0 saturated carbocycles. The highest BCUT2D eigenvalue weighted by Gasteiger charge is 2.35. The van der Waals surface area contributed by atoms with Gasteiger partial charge in [-0.3, -0.25) is 14.4 Å². The number of anilines is 1. The Bertz CT molecular complexity index is 1790. The molecular weight excluding hydrogens is 595 g/mol. The van der Waals surface area contributed by atoms with Gasteiger partial charge in [0.2, 0.25) is 16.0 Å². The Morgan fingerprint density at radius 1 is 0.976 bits per heavy atom. The number of sulfonamides is 1. The second kappa shape index (κ2) is 11.5. The fourth-order valence-electron chi connectivity index (χ4n) is 4.28. The van der Waals surface area contributed by atoms with E-state index in [-0.39, 0.29) is 17.6 Å². The van der Waals surface area contributed by atoms with Gasteiger partial charge < -0.3 is 14.2 Å². The number of hydrogen-bond donors (Lipinski definition) is 2. The number of para-hydroxylation sites is 1. The van der Waals surface area contributed by atoms with Gasteiger partial charge in [0, 0.05) is 29.9 Å².